The maximum Gasteiger partial charge on any atom is 0.209 e. The summed E-state index contributed by atoms with van der Waals surface area (Å²) in [5.74, 6) is 0.731. The second kappa shape index (κ2) is 8.01. The van der Waals surface area contributed by atoms with E-state index >= 15 is 0 Å². The summed E-state index contributed by atoms with van der Waals surface area (Å²) < 4.78 is 0. The molecule has 1 atom stereocenters. The highest BCUT2D eigenvalue weighted by Crippen LogP contribution is 2.36. The molecule has 4 rings (SSSR count). The van der Waals surface area contributed by atoms with Gasteiger partial charge >= 0.3 is 0 Å². The van der Waals surface area contributed by atoms with Crippen LogP contribution in [0.2, 0.25) is 0 Å². The predicted molar refractivity (Wildman–Crippen MR) is 108 cm³/mol. The molecule has 1 heterocycles. The standard InChI is InChI=1S/C22H17N3OS/c26-19(16-10-4-1-5-11-16)20(17-12-6-2-7-13-17)27-22-23-21(24-25-22)18-14-8-3-9-15-18/h1-15,20H,(H,23,24,25)/t20-/m1/s1. The number of hydrogen-bond donors (Lipinski definition) is 1. The highest BCUT2D eigenvalue weighted by Gasteiger charge is 2.25. The van der Waals surface area contributed by atoms with E-state index in [0.29, 0.717) is 16.5 Å². The molecule has 4 nitrogen and oxygen atoms in total. The number of nitrogens with one attached hydrogen (secondary N) is 1. The first-order valence-corrected chi connectivity index (χ1v) is 9.48. The van der Waals surface area contributed by atoms with E-state index in [1.165, 1.54) is 11.8 Å². The van der Waals surface area contributed by atoms with Crippen LogP contribution >= 0.6 is 11.8 Å². The van der Waals surface area contributed by atoms with Gasteiger partial charge in [0, 0.05) is 11.1 Å². The smallest absolute Gasteiger partial charge is 0.209 e. The summed E-state index contributed by atoms with van der Waals surface area (Å²) in [6, 6.07) is 28.9. The average molecular weight is 371 g/mol. The van der Waals surface area contributed by atoms with E-state index in [1.807, 2.05) is 91.0 Å². The van der Waals surface area contributed by atoms with Crippen molar-refractivity contribution in [2.45, 2.75) is 10.4 Å². The monoisotopic (exact) mass is 371 g/mol. The quantitative estimate of drug-likeness (QED) is 0.374. The maximum absolute atomic E-state index is 13.1. The zero-order chi connectivity index (χ0) is 18.5. The normalized spacial score (nSPS) is 11.9. The number of carbonyl (C=O) groups is 1. The topological polar surface area (TPSA) is 58.6 Å². The first-order chi connectivity index (χ1) is 13.3. The van der Waals surface area contributed by atoms with Crippen molar-refractivity contribution in [2.75, 3.05) is 0 Å². The van der Waals surface area contributed by atoms with Gasteiger partial charge in [-0.25, -0.2) is 4.98 Å². The van der Waals surface area contributed by atoms with Crippen molar-refractivity contribution >= 4 is 17.5 Å². The number of thioether (sulfide) groups is 1. The van der Waals surface area contributed by atoms with Gasteiger partial charge < -0.3 is 0 Å². The molecule has 1 N–H and O–H groups in total. The fraction of sp³-hybridized carbons (Fsp3) is 0.0455. The van der Waals surface area contributed by atoms with Crippen LogP contribution in [-0.4, -0.2) is 21.0 Å². The Hall–Kier alpha value is -3.18. The molecule has 0 saturated heterocycles. The molecule has 0 spiro atoms. The van der Waals surface area contributed by atoms with Crippen LogP contribution in [0.1, 0.15) is 21.2 Å². The third-order valence-corrected chi connectivity index (χ3v) is 5.25. The van der Waals surface area contributed by atoms with Gasteiger partial charge in [0.25, 0.3) is 0 Å². The first-order valence-electron chi connectivity index (χ1n) is 8.60. The van der Waals surface area contributed by atoms with Crippen LogP contribution in [0.5, 0.6) is 0 Å². The van der Waals surface area contributed by atoms with Gasteiger partial charge in [-0.3, -0.25) is 9.89 Å². The minimum absolute atomic E-state index is 0.0397. The molecule has 5 heteroatoms. The Balaban J connectivity index is 1.64. The molecule has 0 saturated carbocycles. The van der Waals surface area contributed by atoms with E-state index in [1.54, 1.807) is 0 Å². The summed E-state index contributed by atoms with van der Waals surface area (Å²) >= 11 is 1.36. The summed E-state index contributed by atoms with van der Waals surface area (Å²) in [4.78, 5) is 17.7. The summed E-state index contributed by atoms with van der Waals surface area (Å²) in [6.45, 7) is 0. The van der Waals surface area contributed by atoms with Crippen LogP contribution in [-0.2, 0) is 0 Å². The highest BCUT2D eigenvalue weighted by molar-refractivity contribution is 8.00. The predicted octanol–water partition coefficient (Wildman–Crippen LogP) is 5.19. The van der Waals surface area contributed by atoms with Crippen LogP contribution < -0.4 is 0 Å². The number of hydrogen-bond acceptors (Lipinski definition) is 4. The number of carbonyl (C=O) groups excluding carboxylic acids is 1. The minimum Gasteiger partial charge on any atom is -0.293 e. The number of ketones is 1. The summed E-state index contributed by atoms with van der Waals surface area (Å²) in [5.41, 5.74) is 2.57. The van der Waals surface area contributed by atoms with Crippen molar-refractivity contribution < 1.29 is 4.79 Å². The number of H-pyrrole nitrogens is 1. The molecule has 0 fully saturated rings. The average Bonchev–Trinajstić information content (AvgIpc) is 3.22. The molecule has 1 aromatic heterocycles. The molecule has 3 aromatic carbocycles. The molecule has 0 bridgehead atoms. The lowest BCUT2D eigenvalue weighted by atomic mass is 10.0. The minimum atomic E-state index is -0.409. The molecule has 0 aliphatic carbocycles. The van der Waals surface area contributed by atoms with Gasteiger partial charge in [0.2, 0.25) is 5.16 Å². The second-order valence-electron chi connectivity index (χ2n) is 5.97. The Labute approximate surface area is 161 Å². The van der Waals surface area contributed by atoms with Gasteiger partial charge in [0.1, 0.15) is 5.25 Å². The summed E-state index contributed by atoms with van der Waals surface area (Å²) in [6.07, 6.45) is 0. The van der Waals surface area contributed by atoms with E-state index in [2.05, 4.69) is 15.2 Å². The number of Topliss-reactive ketones (excluding diaryl/α,β-unsaturated/α-hetero) is 1. The number of rotatable bonds is 6. The molecule has 0 radical (unpaired) electrons. The van der Waals surface area contributed by atoms with Crippen LogP contribution in [0.3, 0.4) is 0 Å². The molecule has 4 aromatic rings. The summed E-state index contributed by atoms with van der Waals surface area (Å²) in [7, 11) is 0. The van der Waals surface area contributed by atoms with E-state index in [-0.39, 0.29) is 5.78 Å². The Morgan fingerprint density at radius 2 is 1.41 bits per heavy atom. The van der Waals surface area contributed by atoms with Crippen molar-refractivity contribution in [3.63, 3.8) is 0 Å². The van der Waals surface area contributed by atoms with Gasteiger partial charge in [0.15, 0.2) is 11.6 Å². The van der Waals surface area contributed by atoms with Crippen molar-refractivity contribution in [1.82, 2.24) is 15.2 Å². The second-order valence-corrected chi connectivity index (χ2v) is 7.04. The number of benzene rings is 3. The third-order valence-electron chi connectivity index (χ3n) is 4.13. The Kier molecular flexibility index (Phi) is 5.12. The fourth-order valence-corrected chi connectivity index (χ4v) is 3.77. The van der Waals surface area contributed by atoms with Crippen LogP contribution in [0.25, 0.3) is 11.4 Å². The molecule has 132 valence electrons. The van der Waals surface area contributed by atoms with Crippen LogP contribution in [0.4, 0.5) is 0 Å². The molecule has 0 unspecified atom stereocenters. The molecule has 0 amide bonds. The van der Waals surface area contributed by atoms with E-state index in [4.69, 9.17) is 0 Å². The fourth-order valence-electron chi connectivity index (χ4n) is 2.78. The van der Waals surface area contributed by atoms with Crippen molar-refractivity contribution in [3.8, 4) is 11.4 Å². The van der Waals surface area contributed by atoms with Crippen molar-refractivity contribution in [2.24, 2.45) is 0 Å². The molecular weight excluding hydrogens is 354 g/mol. The lowest BCUT2D eigenvalue weighted by Crippen LogP contribution is -2.10. The number of aromatic nitrogens is 3. The molecular formula is C22H17N3OS. The highest BCUT2D eigenvalue weighted by atomic mass is 32.2. The maximum atomic E-state index is 13.1. The van der Waals surface area contributed by atoms with Crippen LogP contribution in [0.15, 0.2) is 96.2 Å². The van der Waals surface area contributed by atoms with E-state index in [0.717, 1.165) is 11.1 Å². The van der Waals surface area contributed by atoms with Gasteiger partial charge in [-0.05, 0) is 5.56 Å². The SMILES string of the molecule is O=C(c1ccccc1)[C@H](Sc1n[nH]c(-c2ccccc2)n1)c1ccccc1. The third kappa shape index (κ3) is 3.99. The molecule has 27 heavy (non-hydrogen) atoms. The zero-order valence-corrected chi connectivity index (χ0v) is 15.3. The Morgan fingerprint density at radius 1 is 0.815 bits per heavy atom. The van der Waals surface area contributed by atoms with Gasteiger partial charge in [-0.2, -0.15) is 0 Å². The van der Waals surface area contributed by atoms with Gasteiger partial charge in [-0.15, -0.1) is 5.10 Å². The summed E-state index contributed by atoms with van der Waals surface area (Å²) in [5, 5.41) is 7.41. The molecule has 0 aliphatic rings. The van der Waals surface area contributed by atoms with Crippen molar-refractivity contribution in [1.29, 1.82) is 0 Å². The van der Waals surface area contributed by atoms with Gasteiger partial charge in [0.05, 0.1) is 0 Å². The Bertz CT molecular complexity index is 1020. The van der Waals surface area contributed by atoms with Gasteiger partial charge in [-0.1, -0.05) is 103 Å². The largest absolute Gasteiger partial charge is 0.293 e. The first kappa shape index (κ1) is 17.2. The molecule has 0 aliphatic heterocycles. The van der Waals surface area contributed by atoms with E-state index in [9.17, 15) is 4.79 Å². The Morgan fingerprint density at radius 3 is 2.07 bits per heavy atom. The van der Waals surface area contributed by atoms with Crippen LogP contribution in [0, 0.1) is 0 Å². The number of nitrogens with zero attached hydrogens (tertiary/aromatic N) is 2. The number of aromatic amines is 1. The lowest BCUT2D eigenvalue weighted by molar-refractivity contribution is 0.0989. The van der Waals surface area contributed by atoms with E-state index < -0.39 is 5.25 Å². The zero-order valence-electron chi connectivity index (χ0n) is 14.4. The van der Waals surface area contributed by atoms with Crippen molar-refractivity contribution in [3.05, 3.63) is 102 Å². The lowest BCUT2D eigenvalue weighted by Gasteiger charge is -2.14.